The molecule has 3 aromatic heterocycles. The van der Waals surface area contributed by atoms with Crippen LogP contribution >= 0.6 is 11.6 Å². The molecule has 1 N–H and O–H groups in total. The van der Waals surface area contributed by atoms with E-state index in [-0.39, 0.29) is 12.3 Å². The van der Waals surface area contributed by atoms with E-state index in [1.165, 1.54) is 0 Å². The van der Waals surface area contributed by atoms with Crippen LogP contribution < -0.4 is 10.9 Å². The number of carbonyl (C=O) groups is 1. The molecule has 0 aliphatic rings. The fourth-order valence-corrected chi connectivity index (χ4v) is 3.90. The summed E-state index contributed by atoms with van der Waals surface area (Å²) in [4.78, 5) is 29.1. The monoisotopic (exact) mass is 444 g/mol. The maximum absolute atomic E-state index is 12.6. The fraction of sp³-hybridized carbons (Fsp3) is 0.0800. The van der Waals surface area contributed by atoms with E-state index < -0.39 is 5.63 Å². The van der Waals surface area contributed by atoms with Gasteiger partial charge in [0.05, 0.1) is 30.1 Å². The third-order valence-electron chi connectivity index (χ3n) is 5.42. The SMILES string of the molecule is Cc1c(CC(=O)Nc2cccnc2)c(=O)oc2cc3occ(-c4ccc(Cl)cc4)c3cc12. The molecule has 158 valence electrons. The highest BCUT2D eigenvalue weighted by Gasteiger charge is 2.18. The Balaban J connectivity index is 1.57. The summed E-state index contributed by atoms with van der Waals surface area (Å²) < 4.78 is 11.3. The molecule has 0 spiro atoms. The average molecular weight is 445 g/mol. The number of hydrogen-bond donors (Lipinski definition) is 1. The van der Waals surface area contributed by atoms with Crippen molar-refractivity contribution in [3.8, 4) is 11.1 Å². The predicted octanol–water partition coefficient (Wildman–Crippen LogP) is 5.74. The van der Waals surface area contributed by atoms with Crippen molar-refractivity contribution in [2.45, 2.75) is 13.3 Å². The van der Waals surface area contributed by atoms with Crippen molar-refractivity contribution in [2.75, 3.05) is 5.32 Å². The lowest BCUT2D eigenvalue weighted by molar-refractivity contribution is -0.115. The van der Waals surface area contributed by atoms with E-state index in [0.29, 0.717) is 33.0 Å². The molecule has 2 aromatic carbocycles. The van der Waals surface area contributed by atoms with Gasteiger partial charge in [-0.3, -0.25) is 9.78 Å². The highest BCUT2D eigenvalue weighted by Crippen LogP contribution is 2.35. The maximum Gasteiger partial charge on any atom is 0.340 e. The van der Waals surface area contributed by atoms with Gasteiger partial charge in [-0.2, -0.15) is 0 Å². The molecule has 3 heterocycles. The van der Waals surface area contributed by atoms with Gasteiger partial charge in [-0.25, -0.2) is 4.79 Å². The van der Waals surface area contributed by atoms with E-state index in [4.69, 9.17) is 20.4 Å². The first-order valence-electron chi connectivity index (χ1n) is 9.93. The molecule has 0 bridgehead atoms. The molecule has 0 aliphatic heterocycles. The molecule has 0 unspecified atom stereocenters. The molecular weight excluding hydrogens is 428 g/mol. The molecule has 6 nitrogen and oxygen atoms in total. The van der Waals surface area contributed by atoms with Crippen molar-refractivity contribution in [3.63, 3.8) is 0 Å². The molecule has 32 heavy (non-hydrogen) atoms. The Hall–Kier alpha value is -3.90. The van der Waals surface area contributed by atoms with E-state index in [9.17, 15) is 9.59 Å². The molecule has 0 atom stereocenters. The Morgan fingerprint density at radius 1 is 1.09 bits per heavy atom. The summed E-state index contributed by atoms with van der Waals surface area (Å²) in [5.41, 5.74) is 3.91. The van der Waals surface area contributed by atoms with Crippen molar-refractivity contribution in [2.24, 2.45) is 0 Å². The second-order valence-corrected chi connectivity index (χ2v) is 7.90. The Kier molecular flexibility index (Phi) is 4.99. The van der Waals surface area contributed by atoms with E-state index in [2.05, 4.69) is 10.3 Å². The summed E-state index contributed by atoms with van der Waals surface area (Å²) in [5, 5.41) is 5.02. The molecule has 5 rings (SSSR count). The lowest BCUT2D eigenvalue weighted by atomic mass is 9.99. The summed E-state index contributed by atoms with van der Waals surface area (Å²) in [6, 6.07) is 14.6. The van der Waals surface area contributed by atoms with Crippen molar-refractivity contribution in [1.82, 2.24) is 4.98 Å². The van der Waals surface area contributed by atoms with Gasteiger partial charge < -0.3 is 14.2 Å². The van der Waals surface area contributed by atoms with Crippen molar-refractivity contribution in [1.29, 1.82) is 0 Å². The molecule has 0 radical (unpaired) electrons. The minimum absolute atomic E-state index is 0.105. The van der Waals surface area contributed by atoms with Crippen LogP contribution in [-0.2, 0) is 11.2 Å². The van der Waals surface area contributed by atoms with Crippen molar-refractivity contribution in [3.05, 3.63) is 93.8 Å². The van der Waals surface area contributed by atoms with Crippen LogP contribution in [0.15, 0.2) is 80.8 Å². The van der Waals surface area contributed by atoms with Crippen LogP contribution in [-0.4, -0.2) is 10.9 Å². The number of nitrogens with zero attached hydrogens (tertiary/aromatic N) is 1. The Morgan fingerprint density at radius 3 is 2.66 bits per heavy atom. The third kappa shape index (κ3) is 3.65. The Bertz CT molecular complexity index is 1520. The van der Waals surface area contributed by atoms with E-state index in [1.807, 2.05) is 37.3 Å². The number of nitrogens with one attached hydrogen (secondary N) is 1. The molecule has 0 fully saturated rings. The molecule has 1 amide bonds. The quantitative estimate of drug-likeness (QED) is 0.357. The number of anilines is 1. The number of carbonyl (C=O) groups excluding carboxylic acids is 1. The van der Waals surface area contributed by atoms with Crippen LogP contribution in [0.3, 0.4) is 0 Å². The second-order valence-electron chi connectivity index (χ2n) is 7.46. The lowest BCUT2D eigenvalue weighted by Crippen LogP contribution is -2.20. The number of rotatable bonds is 4. The summed E-state index contributed by atoms with van der Waals surface area (Å²) in [7, 11) is 0. The van der Waals surface area contributed by atoms with Gasteiger partial charge in [-0.1, -0.05) is 23.7 Å². The van der Waals surface area contributed by atoms with E-state index >= 15 is 0 Å². The first-order valence-corrected chi connectivity index (χ1v) is 10.3. The number of amides is 1. The van der Waals surface area contributed by atoms with Crippen LogP contribution in [0.2, 0.25) is 5.02 Å². The summed E-state index contributed by atoms with van der Waals surface area (Å²) >= 11 is 6.01. The minimum Gasteiger partial charge on any atom is -0.464 e. The van der Waals surface area contributed by atoms with Gasteiger partial charge in [0.2, 0.25) is 5.91 Å². The molecule has 7 heteroatoms. The zero-order valence-electron chi connectivity index (χ0n) is 17.0. The van der Waals surface area contributed by atoms with Crippen molar-refractivity contribution < 1.29 is 13.6 Å². The number of aromatic nitrogens is 1. The number of halogens is 1. The van der Waals surface area contributed by atoms with Crippen LogP contribution in [0.4, 0.5) is 5.69 Å². The zero-order valence-corrected chi connectivity index (χ0v) is 17.8. The predicted molar refractivity (Wildman–Crippen MR) is 124 cm³/mol. The van der Waals surface area contributed by atoms with Gasteiger partial charge in [0.15, 0.2) is 0 Å². The topological polar surface area (TPSA) is 85.3 Å². The largest absolute Gasteiger partial charge is 0.464 e. The van der Waals surface area contributed by atoms with Crippen LogP contribution in [0.5, 0.6) is 0 Å². The standard InChI is InChI=1S/C25H17ClN2O4/c1-14-18-9-20-21(15-4-6-16(26)7-5-15)13-31-22(20)11-23(18)32-25(30)19(14)10-24(29)28-17-3-2-8-27-12-17/h2-9,11-13H,10H2,1H3,(H,28,29). The molecule has 0 aliphatic carbocycles. The third-order valence-corrected chi connectivity index (χ3v) is 5.67. The van der Waals surface area contributed by atoms with E-state index in [0.717, 1.165) is 21.9 Å². The number of hydrogen-bond acceptors (Lipinski definition) is 5. The number of benzene rings is 2. The summed E-state index contributed by atoms with van der Waals surface area (Å²) in [6.45, 7) is 1.82. The first-order chi connectivity index (χ1) is 15.5. The molecular formula is C25H17ClN2O4. The second kappa shape index (κ2) is 7.98. The van der Waals surface area contributed by atoms with Crippen LogP contribution in [0.25, 0.3) is 33.1 Å². The molecule has 5 aromatic rings. The Morgan fingerprint density at radius 2 is 1.91 bits per heavy atom. The first kappa shape index (κ1) is 20.0. The lowest BCUT2D eigenvalue weighted by Gasteiger charge is -2.09. The molecule has 0 saturated carbocycles. The minimum atomic E-state index is -0.542. The van der Waals surface area contributed by atoms with Gasteiger partial charge in [-0.05, 0) is 48.4 Å². The van der Waals surface area contributed by atoms with Gasteiger partial charge in [0.25, 0.3) is 0 Å². The van der Waals surface area contributed by atoms with E-state index in [1.54, 1.807) is 36.9 Å². The Labute approximate surface area is 187 Å². The fourth-order valence-electron chi connectivity index (χ4n) is 3.77. The molecule has 0 saturated heterocycles. The maximum atomic E-state index is 12.6. The highest BCUT2D eigenvalue weighted by molar-refractivity contribution is 6.30. The number of furan rings is 1. The van der Waals surface area contributed by atoms with Crippen LogP contribution in [0, 0.1) is 6.92 Å². The average Bonchev–Trinajstić information content (AvgIpc) is 3.19. The smallest absolute Gasteiger partial charge is 0.340 e. The number of aryl methyl sites for hydroxylation is 1. The normalized spacial score (nSPS) is 11.2. The number of pyridine rings is 1. The highest BCUT2D eigenvalue weighted by atomic mass is 35.5. The number of fused-ring (bicyclic) bond motifs is 2. The zero-order chi connectivity index (χ0) is 22.2. The van der Waals surface area contributed by atoms with Gasteiger partial charge in [0.1, 0.15) is 11.2 Å². The van der Waals surface area contributed by atoms with Gasteiger partial charge in [-0.15, -0.1) is 0 Å². The summed E-state index contributed by atoms with van der Waals surface area (Å²) in [5.74, 6) is -0.320. The van der Waals surface area contributed by atoms with Gasteiger partial charge in [0, 0.05) is 33.6 Å². The van der Waals surface area contributed by atoms with Crippen molar-refractivity contribution >= 4 is 45.1 Å². The van der Waals surface area contributed by atoms with Gasteiger partial charge >= 0.3 is 5.63 Å². The van der Waals surface area contributed by atoms with Crippen LogP contribution in [0.1, 0.15) is 11.1 Å². The summed E-state index contributed by atoms with van der Waals surface area (Å²) in [6.07, 6.45) is 4.73.